The molecule has 1 fully saturated rings. The molecule has 1 amide bonds. The van der Waals surface area contributed by atoms with Gasteiger partial charge in [0.25, 0.3) is 5.91 Å². The van der Waals surface area contributed by atoms with Crippen LogP contribution in [-0.4, -0.2) is 54.1 Å². The average molecular weight is 384 g/mol. The summed E-state index contributed by atoms with van der Waals surface area (Å²) in [5.74, 6) is 2.67. The van der Waals surface area contributed by atoms with E-state index < -0.39 is 0 Å². The van der Waals surface area contributed by atoms with E-state index in [0.717, 1.165) is 43.1 Å². The minimum Gasteiger partial charge on any atom is -0.497 e. The number of hydrogen-bond acceptors (Lipinski definition) is 6. The molecule has 0 unspecified atom stereocenters. The third kappa shape index (κ3) is 5.34. The fourth-order valence-electron chi connectivity index (χ4n) is 3.13. The molecule has 1 aromatic carbocycles. The first-order chi connectivity index (χ1) is 13.5. The van der Waals surface area contributed by atoms with Crippen molar-refractivity contribution in [2.75, 3.05) is 38.7 Å². The van der Waals surface area contributed by atoms with Crippen molar-refractivity contribution in [3.05, 3.63) is 41.7 Å². The summed E-state index contributed by atoms with van der Waals surface area (Å²) < 4.78 is 10.8. The van der Waals surface area contributed by atoms with Gasteiger partial charge in [0.05, 0.1) is 13.7 Å². The maximum atomic E-state index is 12.8. The molecule has 0 saturated carbocycles. The summed E-state index contributed by atoms with van der Waals surface area (Å²) in [5, 5.41) is 3.14. The molecule has 7 nitrogen and oxygen atoms in total. The topological polar surface area (TPSA) is 76.6 Å². The van der Waals surface area contributed by atoms with Crippen LogP contribution in [0.3, 0.4) is 0 Å². The Balaban J connectivity index is 1.53. The Morgan fingerprint density at radius 2 is 1.86 bits per heavy atom. The number of rotatable bonds is 7. The number of likely N-dealkylation sites (tertiary alicyclic amines) is 1. The lowest BCUT2D eigenvalue weighted by atomic mass is 9.99. The normalized spacial score (nSPS) is 14.6. The Labute approximate surface area is 166 Å². The summed E-state index contributed by atoms with van der Waals surface area (Å²) in [7, 11) is 1.63. The van der Waals surface area contributed by atoms with E-state index in [4.69, 9.17) is 9.47 Å². The molecule has 1 N–H and O–H groups in total. The number of methoxy groups -OCH3 is 1. The van der Waals surface area contributed by atoms with Crippen LogP contribution in [0, 0.1) is 12.8 Å². The van der Waals surface area contributed by atoms with Crippen LogP contribution in [0.2, 0.25) is 0 Å². The van der Waals surface area contributed by atoms with Gasteiger partial charge in [-0.1, -0.05) is 6.92 Å². The molecule has 2 heterocycles. The number of ether oxygens (including phenoxy) is 2. The minimum atomic E-state index is -0.0186. The molecule has 0 spiro atoms. The van der Waals surface area contributed by atoms with Crippen LogP contribution < -0.4 is 14.8 Å². The van der Waals surface area contributed by atoms with Crippen LogP contribution >= 0.6 is 0 Å². The molecule has 7 heteroatoms. The summed E-state index contributed by atoms with van der Waals surface area (Å²) in [6, 6.07) is 9.17. The number of aromatic nitrogens is 2. The molecule has 0 radical (unpaired) electrons. The van der Waals surface area contributed by atoms with E-state index in [9.17, 15) is 4.79 Å². The Morgan fingerprint density at radius 1 is 1.18 bits per heavy atom. The molecule has 3 rings (SSSR count). The highest BCUT2D eigenvalue weighted by Crippen LogP contribution is 2.19. The van der Waals surface area contributed by atoms with E-state index in [-0.39, 0.29) is 5.91 Å². The minimum absolute atomic E-state index is 0.0186. The van der Waals surface area contributed by atoms with Gasteiger partial charge in [-0.15, -0.1) is 0 Å². The number of nitrogens with one attached hydrogen (secondary N) is 1. The highest BCUT2D eigenvalue weighted by atomic mass is 16.5. The van der Waals surface area contributed by atoms with Crippen molar-refractivity contribution in [3.8, 4) is 11.5 Å². The fraction of sp³-hybridized carbons (Fsp3) is 0.476. The molecule has 1 aliphatic rings. The first-order valence-electron chi connectivity index (χ1n) is 9.71. The van der Waals surface area contributed by atoms with Gasteiger partial charge in [0.1, 0.15) is 23.8 Å². The highest BCUT2D eigenvalue weighted by molar-refractivity contribution is 5.92. The van der Waals surface area contributed by atoms with Crippen molar-refractivity contribution in [3.63, 3.8) is 0 Å². The molecule has 0 aliphatic carbocycles. The molecule has 1 aliphatic heterocycles. The van der Waals surface area contributed by atoms with Crippen LogP contribution in [-0.2, 0) is 0 Å². The van der Waals surface area contributed by atoms with Gasteiger partial charge in [0.2, 0.25) is 5.95 Å². The van der Waals surface area contributed by atoms with Gasteiger partial charge in [-0.05, 0) is 56.0 Å². The zero-order chi connectivity index (χ0) is 19.9. The summed E-state index contributed by atoms with van der Waals surface area (Å²) in [6.07, 6.45) is 2.09. The lowest BCUT2D eigenvalue weighted by molar-refractivity contribution is 0.0691. The van der Waals surface area contributed by atoms with Gasteiger partial charge in [0, 0.05) is 18.8 Å². The van der Waals surface area contributed by atoms with Crippen molar-refractivity contribution in [2.24, 2.45) is 5.92 Å². The van der Waals surface area contributed by atoms with Crippen LogP contribution in [0.4, 0.5) is 5.95 Å². The third-order valence-corrected chi connectivity index (χ3v) is 4.86. The predicted molar refractivity (Wildman–Crippen MR) is 108 cm³/mol. The molecule has 150 valence electrons. The summed E-state index contributed by atoms with van der Waals surface area (Å²) in [6.45, 7) is 6.67. The fourth-order valence-corrected chi connectivity index (χ4v) is 3.13. The average Bonchev–Trinajstić information content (AvgIpc) is 2.71. The van der Waals surface area contributed by atoms with Crippen LogP contribution in [0.25, 0.3) is 0 Å². The zero-order valence-electron chi connectivity index (χ0n) is 16.8. The lowest BCUT2D eigenvalue weighted by Crippen LogP contribution is -2.38. The molecule has 1 saturated heterocycles. The van der Waals surface area contributed by atoms with Crippen LogP contribution in [0.15, 0.2) is 30.3 Å². The molecular weight excluding hydrogens is 356 g/mol. The number of piperidine rings is 1. The van der Waals surface area contributed by atoms with E-state index in [0.29, 0.717) is 30.7 Å². The molecule has 0 bridgehead atoms. The largest absolute Gasteiger partial charge is 0.497 e. The van der Waals surface area contributed by atoms with Crippen molar-refractivity contribution in [2.45, 2.75) is 26.7 Å². The SMILES string of the molecule is COc1ccc(OCCNc2nc(C)cc(C(=O)N3CCC(C)CC3)n2)cc1. The summed E-state index contributed by atoms with van der Waals surface area (Å²) >= 11 is 0. The van der Waals surface area contributed by atoms with E-state index in [1.165, 1.54) is 0 Å². The van der Waals surface area contributed by atoms with E-state index >= 15 is 0 Å². The number of aryl methyl sites for hydroxylation is 1. The number of nitrogens with zero attached hydrogens (tertiary/aromatic N) is 3. The first-order valence-corrected chi connectivity index (χ1v) is 9.71. The highest BCUT2D eigenvalue weighted by Gasteiger charge is 2.23. The maximum absolute atomic E-state index is 12.8. The number of carbonyl (C=O) groups is 1. The monoisotopic (exact) mass is 384 g/mol. The Hall–Kier alpha value is -2.83. The van der Waals surface area contributed by atoms with Crippen molar-refractivity contribution >= 4 is 11.9 Å². The van der Waals surface area contributed by atoms with Crippen LogP contribution in [0.5, 0.6) is 11.5 Å². The maximum Gasteiger partial charge on any atom is 0.272 e. The molecular formula is C21H28N4O3. The van der Waals surface area contributed by atoms with E-state index in [1.807, 2.05) is 36.1 Å². The number of anilines is 1. The van der Waals surface area contributed by atoms with Gasteiger partial charge < -0.3 is 19.7 Å². The number of carbonyl (C=O) groups excluding carboxylic acids is 1. The van der Waals surface area contributed by atoms with Gasteiger partial charge in [-0.3, -0.25) is 4.79 Å². The second kappa shape index (κ2) is 9.39. The quantitative estimate of drug-likeness (QED) is 0.739. The lowest BCUT2D eigenvalue weighted by Gasteiger charge is -2.30. The van der Waals surface area contributed by atoms with Crippen molar-refractivity contribution in [1.82, 2.24) is 14.9 Å². The predicted octanol–water partition coefficient (Wildman–Crippen LogP) is 3.16. The number of benzene rings is 1. The zero-order valence-corrected chi connectivity index (χ0v) is 16.8. The van der Waals surface area contributed by atoms with E-state index in [1.54, 1.807) is 13.2 Å². The third-order valence-electron chi connectivity index (χ3n) is 4.86. The summed E-state index contributed by atoms with van der Waals surface area (Å²) in [5.41, 5.74) is 1.21. The Morgan fingerprint density at radius 3 is 2.54 bits per heavy atom. The molecule has 28 heavy (non-hydrogen) atoms. The van der Waals surface area contributed by atoms with E-state index in [2.05, 4.69) is 22.2 Å². The molecule has 2 aromatic rings. The van der Waals surface area contributed by atoms with Gasteiger partial charge in [-0.25, -0.2) is 9.97 Å². The number of amides is 1. The number of hydrogen-bond donors (Lipinski definition) is 1. The van der Waals surface area contributed by atoms with Crippen molar-refractivity contribution in [1.29, 1.82) is 0 Å². The van der Waals surface area contributed by atoms with Crippen molar-refractivity contribution < 1.29 is 14.3 Å². The standard InChI is InChI=1S/C21H28N4O3/c1-15-8-11-25(12-9-15)20(26)19-14-16(2)23-21(24-19)22-10-13-28-18-6-4-17(27-3)5-7-18/h4-7,14-15H,8-13H2,1-3H3,(H,22,23,24). The van der Waals surface area contributed by atoms with Gasteiger partial charge in [-0.2, -0.15) is 0 Å². The smallest absolute Gasteiger partial charge is 0.272 e. The van der Waals surface area contributed by atoms with Crippen LogP contribution in [0.1, 0.15) is 35.9 Å². The summed E-state index contributed by atoms with van der Waals surface area (Å²) in [4.78, 5) is 23.4. The Kier molecular flexibility index (Phi) is 6.68. The molecule has 0 atom stereocenters. The molecule has 1 aromatic heterocycles. The Bertz CT molecular complexity index is 787. The van der Waals surface area contributed by atoms with Gasteiger partial charge in [0.15, 0.2) is 0 Å². The van der Waals surface area contributed by atoms with Gasteiger partial charge >= 0.3 is 0 Å². The first kappa shape index (κ1) is 19.9. The second-order valence-corrected chi connectivity index (χ2v) is 7.14. The second-order valence-electron chi connectivity index (χ2n) is 7.14.